The molecule has 3 heteroatoms. The second-order valence-corrected chi connectivity index (χ2v) is 6.16. The minimum atomic E-state index is -0.421. The Morgan fingerprint density at radius 1 is 1.44 bits per heavy atom. The summed E-state index contributed by atoms with van der Waals surface area (Å²) in [5, 5.41) is 8.72. The van der Waals surface area contributed by atoms with E-state index in [9.17, 15) is 0 Å². The van der Waals surface area contributed by atoms with Crippen molar-refractivity contribution in [1.29, 1.82) is 0 Å². The van der Waals surface area contributed by atoms with Gasteiger partial charge in [0.05, 0.1) is 13.2 Å². The van der Waals surface area contributed by atoms with E-state index in [4.69, 9.17) is 9.53 Å². The average Bonchev–Trinajstić information content (AvgIpc) is 1.63. The average molecular weight is 148 g/mol. The highest BCUT2D eigenvalue weighted by molar-refractivity contribution is 6.31. The number of rotatable bonds is 3. The predicted octanol–water partition coefficient (Wildman–Crippen LogP) is 0.298. The van der Waals surface area contributed by atoms with Gasteiger partial charge in [-0.1, -0.05) is 20.8 Å². The number of aliphatic hydroxyl groups is 1. The van der Waals surface area contributed by atoms with Crippen LogP contribution < -0.4 is 0 Å². The summed E-state index contributed by atoms with van der Waals surface area (Å²) in [6.07, 6.45) is 0. The number of aliphatic hydroxyl groups excluding tert-OH is 1. The van der Waals surface area contributed by atoms with Gasteiger partial charge in [-0.05, 0) is 5.04 Å². The molecule has 0 unspecified atom stereocenters. The van der Waals surface area contributed by atoms with Gasteiger partial charge in [-0.3, -0.25) is 0 Å². The summed E-state index contributed by atoms with van der Waals surface area (Å²) in [4.78, 5) is 0. The summed E-state index contributed by atoms with van der Waals surface area (Å²) < 4.78 is 5.24. The molecular weight excluding hydrogens is 132 g/mol. The molecule has 1 N–H and O–H groups in total. The van der Waals surface area contributed by atoms with Crippen LogP contribution in [0.3, 0.4) is 0 Å². The minimum Gasteiger partial charge on any atom is -0.421 e. The van der Waals surface area contributed by atoms with E-state index in [1.807, 2.05) is 0 Å². The van der Waals surface area contributed by atoms with E-state index >= 15 is 0 Å². The lowest BCUT2D eigenvalue weighted by molar-refractivity contribution is 0.202. The molecule has 0 aliphatic carbocycles. The maximum absolute atomic E-state index is 8.36. The van der Waals surface area contributed by atoms with Gasteiger partial charge in [0.15, 0.2) is 9.76 Å². The van der Waals surface area contributed by atoms with Gasteiger partial charge in [-0.25, -0.2) is 0 Å². The molecule has 0 aromatic heterocycles. The quantitative estimate of drug-likeness (QED) is 0.461. The molecule has 0 bridgehead atoms. The fourth-order valence-corrected chi connectivity index (χ4v) is 1.33. The Hall–Kier alpha value is 0.137. The lowest BCUT2D eigenvalue weighted by Crippen LogP contribution is -2.14. The van der Waals surface area contributed by atoms with Crippen LogP contribution in [-0.4, -0.2) is 28.1 Å². The van der Waals surface area contributed by atoms with Gasteiger partial charge in [0, 0.05) is 0 Å². The van der Waals surface area contributed by atoms with Crippen LogP contribution in [0.5, 0.6) is 0 Å². The smallest absolute Gasteiger partial charge is 0.166 e. The van der Waals surface area contributed by atoms with E-state index in [1.165, 1.54) is 0 Å². The van der Waals surface area contributed by atoms with Crippen molar-refractivity contribution in [2.24, 2.45) is 0 Å². The molecule has 0 saturated carbocycles. The first-order chi connectivity index (χ1) is 4.06. The van der Waals surface area contributed by atoms with Crippen molar-refractivity contribution in [1.82, 2.24) is 0 Å². The topological polar surface area (TPSA) is 29.5 Å². The first-order valence-corrected chi connectivity index (χ1v) is 4.53. The summed E-state index contributed by atoms with van der Waals surface area (Å²) in [6, 6.07) is 0. The van der Waals surface area contributed by atoms with Crippen LogP contribution in [0.2, 0.25) is 5.04 Å². The van der Waals surface area contributed by atoms with Gasteiger partial charge < -0.3 is 9.53 Å². The fourth-order valence-electron chi connectivity index (χ4n) is 0.443. The molecular formula is C6H16O2Si. The highest BCUT2D eigenvalue weighted by Gasteiger charge is 2.10. The number of hydrogen-bond acceptors (Lipinski definition) is 2. The molecule has 0 saturated heterocycles. The lowest BCUT2D eigenvalue weighted by Gasteiger charge is -2.16. The van der Waals surface area contributed by atoms with Crippen molar-refractivity contribution in [3.8, 4) is 0 Å². The Bertz CT molecular complexity index is 67.9. The van der Waals surface area contributed by atoms with Crippen LogP contribution in [0.4, 0.5) is 0 Å². The monoisotopic (exact) mass is 148 g/mol. The Balaban J connectivity index is 3.07. The molecule has 0 fully saturated rings. The second-order valence-electron chi connectivity index (χ2n) is 3.34. The zero-order valence-corrected chi connectivity index (χ0v) is 7.89. The van der Waals surface area contributed by atoms with Crippen LogP contribution in [0, 0.1) is 0 Å². The molecule has 0 heterocycles. The van der Waals surface area contributed by atoms with Gasteiger partial charge in [-0.15, -0.1) is 0 Å². The first kappa shape index (κ1) is 9.14. The fraction of sp³-hybridized carbons (Fsp3) is 1.00. The summed E-state index contributed by atoms with van der Waals surface area (Å²) >= 11 is 0. The molecule has 0 aromatic carbocycles. The third-order valence-corrected chi connectivity index (χ3v) is 2.13. The van der Waals surface area contributed by atoms with E-state index in [1.54, 1.807) is 0 Å². The van der Waals surface area contributed by atoms with Crippen LogP contribution in [-0.2, 0) is 4.43 Å². The largest absolute Gasteiger partial charge is 0.421 e. The van der Waals surface area contributed by atoms with E-state index < -0.39 is 9.76 Å². The number of hydrogen-bond donors (Lipinski definition) is 1. The molecule has 0 spiro atoms. The summed E-state index contributed by atoms with van der Waals surface area (Å²) in [6.45, 7) is 7.16. The Morgan fingerprint density at radius 3 is 2.33 bits per heavy atom. The molecule has 0 atom stereocenters. The zero-order chi connectivity index (χ0) is 7.33. The molecule has 0 amide bonds. The highest BCUT2D eigenvalue weighted by atomic mass is 28.2. The summed E-state index contributed by atoms with van der Waals surface area (Å²) in [5.74, 6) is 0. The third kappa shape index (κ3) is 8.14. The second kappa shape index (κ2) is 4.03. The van der Waals surface area contributed by atoms with Gasteiger partial charge in [0.2, 0.25) is 0 Å². The van der Waals surface area contributed by atoms with Gasteiger partial charge in [-0.2, -0.15) is 0 Å². The van der Waals surface area contributed by atoms with Crippen molar-refractivity contribution in [3.05, 3.63) is 0 Å². The van der Waals surface area contributed by atoms with E-state index in [0.717, 1.165) is 0 Å². The van der Waals surface area contributed by atoms with Crippen molar-refractivity contribution in [3.63, 3.8) is 0 Å². The molecule has 0 aliphatic heterocycles. The Labute approximate surface area is 59.2 Å². The van der Waals surface area contributed by atoms with Crippen molar-refractivity contribution in [2.45, 2.75) is 25.8 Å². The van der Waals surface area contributed by atoms with E-state index in [0.29, 0.717) is 11.6 Å². The van der Waals surface area contributed by atoms with Crippen LogP contribution >= 0.6 is 0 Å². The Kier molecular flexibility index (Phi) is 4.09. The van der Waals surface area contributed by atoms with Crippen LogP contribution in [0.1, 0.15) is 20.8 Å². The van der Waals surface area contributed by atoms with Crippen molar-refractivity contribution in [2.75, 3.05) is 13.2 Å². The van der Waals surface area contributed by atoms with Crippen molar-refractivity contribution >= 4 is 9.76 Å². The lowest BCUT2D eigenvalue weighted by atomic mass is 10.3. The molecule has 0 rings (SSSR count). The highest BCUT2D eigenvalue weighted by Crippen LogP contribution is 2.19. The van der Waals surface area contributed by atoms with E-state index in [-0.39, 0.29) is 6.61 Å². The van der Waals surface area contributed by atoms with E-state index in [2.05, 4.69) is 20.8 Å². The van der Waals surface area contributed by atoms with Gasteiger partial charge in [0.25, 0.3) is 0 Å². The SMILES string of the molecule is CC(C)(C)[SiH2]OCCO. The maximum Gasteiger partial charge on any atom is 0.166 e. The molecule has 0 aromatic rings. The van der Waals surface area contributed by atoms with Gasteiger partial charge >= 0.3 is 0 Å². The minimum absolute atomic E-state index is 0.156. The molecule has 0 aliphatic rings. The standard InChI is InChI=1S/C6H16O2Si/c1-6(2,3)9-8-5-4-7/h7H,4-5,9H2,1-3H3. The third-order valence-electron chi connectivity index (χ3n) is 0.771. The molecule has 9 heavy (non-hydrogen) atoms. The summed E-state index contributed by atoms with van der Waals surface area (Å²) in [7, 11) is -0.421. The van der Waals surface area contributed by atoms with Crippen LogP contribution in [0.15, 0.2) is 0 Å². The maximum atomic E-state index is 8.36. The summed E-state index contributed by atoms with van der Waals surface area (Å²) in [5.41, 5.74) is 0. The predicted molar refractivity (Wildman–Crippen MR) is 41.3 cm³/mol. The normalized spacial score (nSPS) is 13.3. The van der Waals surface area contributed by atoms with Crippen molar-refractivity contribution < 1.29 is 9.53 Å². The van der Waals surface area contributed by atoms with Gasteiger partial charge in [0.1, 0.15) is 0 Å². The molecule has 0 radical (unpaired) electrons. The molecule has 2 nitrogen and oxygen atoms in total. The zero-order valence-electron chi connectivity index (χ0n) is 6.48. The molecule has 56 valence electrons. The first-order valence-electron chi connectivity index (χ1n) is 3.25. The van der Waals surface area contributed by atoms with Crippen LogP contribution in [0.25, 0.3) is 0 Å². The Morgan fingerprint density at radius 2 is 2.00 bits per heavy atom.